The molecule has 4 rings (SSSR count). The minimum Gasteiger partial charge on any atom is -0.0561 e. The predicted octanol–water partition coefficient (Wildman–Crippen LogP) is 17.7. The van der Waals surface area contributed by atoms with E-state index in [9.17, 15) is 0 Å². The summed E-state index contributed by atoms with van der Waals surface area (Å²) in [6.07, 6.45) is 0. The van der Waals surface area contributed by atoms with Crippen molar-refractivity contribution in [1.29, 1.82) is 0 Å². The molecule has 67 heavy (non-hydrogen) atoms. The normalized spacial score (nSPS) is 14.0. The minimum atomic E-state index is -1.04. The van der Waals surface area contributed by atoms with Gasteiger partial charge in [0.25, 0.3) is 0 Å². The Balaban J connectivity index is 0.000000453. The third-order valence-corrected chi connectivity index (χ3v) is 19.8. The summed E-state index contributed by atoms with van der Waals surface area (Å²) in [4.78, 5) is 0. The fourth-order valence-electron chi connectivity index (χ4n) is 8.62. The quantitative estimate of drug-likeness (QED) is 0.141. The van der Waals surface area contributed by atoms with Gasteiger partial charge in [-0.05, 0) is 178 Å². The molecule has 0 nitrogen and oxygen atoms in total. The summed E-state index contributed by atoms with van der Waals surface area (Å²) in [5.41, 5.74) is 12.7. The fourth-order valence-corrected chi connectivity index (χ4v) is 15.1. The zero-order valence-corrected chi connectivity index (χ0v) is 52.8. The van der Waals surface area contributed by atoms with Gasteiger partial charge in [0.05, 0.1) is 47.4 Å². The summed E-state index contributed by atoms with van der Waals surface area (Å²) in [5.74, 6) is 0. The number of benzene rings is 4. The van der Waals surface area contributed by atoms with Gasteiger partial charge in [-0.1, -0.05) is 190 Å². The topological polar surface area (TPSA) is 0 Å². The van der Waals surface area contributed by atoms with Crippen LogP contribution in [0.3, 0.4) is 0 Å². The van der Waals surface area contributed by atoms with Gasteiger partial charge in [0.2, 0.25) is 0 Å². The maximum atomic E-state index is 2.54. The van der Waals surface area contributed by atoms with E-state index in [-0.39, 0.29) is 74.1 Å². The molecule has 0 radical (unpaired) electrons. The van der Waals surface area contributed by atoms with Crippen LogP contribution >= 0.6 is 15.8 Å². The Bertz CT molecular complexity index is 1840. The molecule has 0 heterocycles. The summed E-state index contributed by atoms with van der Waals surface area (Å²) in [5, 5.41) is 6.60. The summed E-state index contributed by atoms with van der Waals surface area (Å²) < 4.78 is 0. The molecule has 0 fully saturated rings. The number of hydrogen-bond acceptors (Lipinski definition) is 0. The van der Waals surface area contributed by atoms with Crippen LogP contribution in [0.2, 0.25) is 0 Å². The predicted molar refractivity (Wildman–Crippen MR) is 310 cm³/mol. The molecule has 0 unspecified atom stereocenters. The van der Waals surface area contributed by atoms with Gasteiger partial charge in [-0.25, -0.2) is 0 Å². The van der Waals surface area contributed by atoms with Crippen LogP contribution in [0.15, 0.2) is 72.8 Å². The van der Waals surface area contributed by atoms with E-state index in [2.05, 4.69) is 281 Å². The van der Waals surface area contributed by atoms with Gasteiger partial charge >= 0.3 is 0 Å². The minimum absolute atomic E-state index is 0. The molecule has 3 heteroatoms. The standard InChI is InChI=1S/2C32H51P.Pd/c2*1-28(2,3)22-16-23(29(4,5)6)19-26(18-22)33(32(13,14)15)27-20-24(30(7,8)9)17-25(21-27)31(10,11)12;/h2*16-21H,1-15H3;/p+2. The van der Waals surface area contributed by atoms with Crippen molar-refractivity contribution in [3.05, 3.63) is 117 Å². The van der Waals surface area contributed by atoms with Crippen molar-refractivity contribution in [2.75, 3.05) is 0 Å². The molecule has 0 atom stereocenters. The van der Waals surface area contributed by atoms with Crippen molar-refractivity contribution in [3.63, 3.8) is 0 Å². The van der Waals surface area contributed by atoms with Crippen LogP contribution in [0, 0.1) is 0 Å². The summed E-state index contributed by atoms with van der Waals surface area (Å²) in [6.45, 7) is 71.0. The second-order valence-electron chi connectivity index (χ2n) is 30.4. The average Bonchev–Trinajstić information content (AvgIpc) is 3.07. The van der Waals surface area contributed by atoms with Crippen LogP contribution in [0.4, 0.5) is 0 Å². The fraction of sp³-hybridized carbons (Fsp3) is 0.625. The molecule has 0 aliphatic heterocycles. The monoisotopic (exact) mass is 1040 g/mol. The van der Waals surface area contributed by atoms with Gasteiger partial charge in [0.15, 0.2) is 0 Å². The van der Waals surface area contributed by atoms with E-state index in [4.69, 9.17) is 0 Å². The Kier molecular flexibility index (Phi) is 18.8. The molecule has 0 bridgehead atoms. The summed E-state index contributed by atoms with van der Waals surface area (Å²) >= 11 is 0. The van der Waals surface area contributed by atoms with Gasteiger partial charge in [0, 0.05) is 20.4 Å². The third kappa shape index (κ3) is 16.7. The number of rotatable bonds is 4. The second kappa shape index (κ2) is 20.5. The van der Waals surface area contributed by atoms with Gasteiger partial charge in [0.1, 0.15) is 0 Å². The van der Waals surface area contributed by atoms with Crippen LogP contribution in [0.25, 0.3) is 0 Å². The van der Waals surface area contributed by atoms with E-state index in [1.54, 1.807) is 21.2 Å². The molecular weight excluding hydrogens is 937 g/mol. The van der Waals surface area contributed by atoms with Crippen LogP contribution in [-0.2, 0) is 63.7 Å². The van der Waals surface area contributed by atoms with Crippen molar-refractivity contribution >= 4 is 37.1 Å². The molecule has 0 aliphatic rings. The van der Waals surface area contributed by atoms with Crippen LogP contribution in [-0.4, -0.2) is 10.3 Å². The summed E-state index contributed by atoms with van der Waals surface area (Å²) in [6, 6.07) is 30.1. The molecule has 0 aliphatic carbocycles. The van der Waals surface area contributed by atoms with Gasteiger partial charge in [-0.3, -0.25) is 0 Å². The van der Waals surface area contributed by atoms with Gasteiger partial charge < -0.3 is 0 Å². The molecule has 0 aromatic heterocycles. The van der Waals surface area contributed by atoms with Gasteiger partial charge in [-0.2, -0.15) is 0 Å². The molecule has 4 aromatic rings. The van der Waals surface area contributed by atoms with Gasteiger partial charge in [-0.15, -0.1) is 0 Å². The first-order chi connectivity index (χ1) is 29.0. The van der Waals surface area contributed by atoms with E-state index >= 15 is 0 Å². The van der Waals surface area contributed by atoms with Crippen molar-refractivity contribution in [3.8, 4) is 0 Å². The average molecular weight is 1040 g/mol. The van der Waals surface area contributed by atoms with Crippen LogP contribution in [0.5, 0.6) is 0 Å². The molecule has 0 saturated heterocycles. The third-order valence-electron chi connectivity index (χ3n) is 13.3. The maximum Gasteiger partial charge on any atom is 0.0978 e. The smallest absolute Gasteiger partial charge is 0.0561 e. The van der Waals surface area contributed by atoms with Crippen LogP contribution in [0.1, 0.15) is 252 Å². The first kappa shape index (κ1) is 61.5. The van der Waals surface area contributed by atoms with Crippen molar-refractivity contribution in [2.24, 2.45) is 0 Å². The largest absolute Gasteiger partial charge is 0.0978 e. The molecular formula is C64H104P2Pd+2. The number of hydrogen-bond donors (Lipinski definition) is 0. The van der Waals surface area contributed by atoms with E-state index < -0.39 is 15.8 Å². The molecule has 378 valence electrons. The van der Waals surface area contributed by atoms with Crippen molar-refractivity contribution in [1.82, 2.24) is 0 Å². The first-order valence-electron chi connectivity index (χ1n) is 25.4. The Morgan fingerprint density at radius 1 is 0.194 bits per heavy atom. The van der Waals surface area contributed by atoms with Crippen molar-refractivity contribution in [2.45, 2.75) is 261 Å². The Morgan fingerprint density at radius 3 is 0.373 bits per heavy atom. The first-order valence-corrected chi connectivity index (χ1v) is 28.4. The Hall–Kier alpha value is -1.60. The molecule has 0 spiro atoms. The zero-order valence-electron chi connectivity index (χ0n) is 49.2. The Morgan fingerprint density at radius 2 is 0.299 bits per heavy atom. The SMILES string of the molecule is CC(C)(C)c1cc([PH+](c2cc(C(C)(C)C)cc(C(C)(C)C)c2)C(C)(C)C)cc(C(C)(C)C)c1.CC(C)(C)c1cc([PH+](c2cc(C(C)(C)C)cc(C(C)(C)C)c2)C(C)(C)C)cc(C(C)(C)C)c1.[Pd]. The van der Waals surface area contributed by atoms with Crippen molar-refractivity contribution < 1.29 is 20.4 Å². The van der Waals surface area contributed by atoms with E-state index in [1.807, 2.05) is 0 Å². The maximum absolute atomic E-state index is 2.54. The molecule has 4 aromatic carbocycles. The van der Waals surface area contributed by atoms with E-state index in [1.165, 1.54) is 44.5 Å². The Labute approximate surface area is 433 Å². The van der Waals surface area contributed by atoms with Crippen LogP contribution < -0.4 is 21.2 Å². The molecule has 0 amide bonds. The summed E-state index contributed by atoms with van der Waals surface area (Å²) in [7, 11) is -2.08. The zero-order chi connectivity index (χ0) is 51.6. The molecule has 0 saturated carbocycles. The van der Waals surface area contributed by atoms with E-state index in [0.29, 0.717) is 0 Å². The second-order valence-corrected chi connectivity index (χ2v) is 37.3. The molecule has 0 N–H and O–H groups in total. The van der Waals surface area contributed by atoms with E-state index in [0.717, 1.165) is 0 Å².